The topological polar surface area (TPSA) is 81.3 Å². The van der Waals surface area contributed by atoms with Crippen LogP contribution in [0, 0.1) is 0 Å². The second kappa shape index (κ2) is 8.93. The molecule has 0 aliphatic rings. The number of hydrogen-bond acceptors (Lipinski definition) is 3. The van der Waals surface area contributed by atoms with Gasteiger partial charge in [-0.25, -0.2) is 4.79 Å². The molecule has 158 valence electrons. The van der Waals surface area contributed by atoms with E-state index in [1.165, 1.54) is 0 Å². The molecule has 0 fully saturated rings. The highest BCUT2D eigenvalue weighted by molar-refractivity contribution is 6.01. The first-order valence-corrected chi connectivity index (χ1v) is 10.1. The van der Waals surface area contributed by atoms with Gasteiger partial charge in [0.15, 0.2) is 0 Å². The fourth-order valence-electron chi connectivity index (χ4n) is 3.73. The summed E-state index contributed by atoms with van der Waals surface area (Å²) < 4.78 is 7.46. The zero-order valence-electron chi connectivity index (χ0n) is 17.6. The van der Waals surface area contributed by atoms with E-state index in [-0.39, 0.29) is 12.1 Å². The van der Waals surface area contributed by atoms with Crippen LogP contribution in [-0.2, 0) is 13.5 Å². The molecule has 4 aromatic rings. The summed E-state index contributed by atoms with van der Waals surface area (Å²) in [5.74, 6) is 0.821. The molecule has 4 rings (SSSR count). The monoisotopic (exact) mass is 414 g/mol. The van der Waals surface area contributed by atoms with Crippen molar-refractivity contribution < 1.29 is 9.53 Å². The number of aryl methyl sites for hydroxylation is 1. The Bertz CT molecular complexity index is 1220. The Morgan fingerprint density at radius 1 is 1.00 bits per heavy atom. The maximum absolute atomic E-state index is 12.5. The maximum Gasteiger partial charge on any atom is 0.323 e. The van der Waals surface area contributed by atoms with E-state index >= 15 is 0 Å². The number of methoxy groups -OCH3 is 1. The lowest BCUT2D eigenvalue weighted by molar-refractivity contribution is 0.262. The number of ether oxygens (including phenoxy) is 1. The summed E-state index contributed by atoms with van der Waals surface area (Å²) in [6.45, 7) is 0. The molecule has 2 amide bonds. The smallest absolute Gasteiger partial charge is 0.323 e. The van der Waals surface area contributed by atoms with E-state index in [4.69, 9.17) is 10.5 Å². The highest BCUT2D eigenvalue weighted by atomic mass is 16.5. The molecular weight excluding hydrogens is 388 g/mol. The van der Waals surface area contributed by atoms with E-state index in [1.807, 2.05) is 90.6 Å². The maximum atomic E-state index is 12.5. The summed E-state index contributed by atoms with van der Waals surface area (Å²) in [5.41, 5.74) is 11.0. The Balaban J connectivity index is 1.43. The summed E-state index contributed by atoms with van der Waals surface area (Å²) in [7, 11) is 3.65. The lowest BCUT2D eigenvalue weighted by Crippen LogP contribution is -2.20. The highest BCUT2D eigenvalue weighted by Gasteiger charge is 2.12. The van der Waals surface area contributed by atoms with Crippen LogP contribution < -0.4 is 21.1 Å². The van der Waals surface area contributed by atoms with E-state index in [0.717, 1.165) is 33.5 Å². The van der Waals surface area contributed by atoms with Crippen molar-refractivity contribution in [2.45, 2.75) is 12.5 Å². The number of hydrogen-bond donors (Lipinski definition) is 3. The van der Waals surface area contributed by atoms with Gasteiger partial charge in [-0.2, -0.15) is 0 Å². The first kappa shape index (κ1) is 20.5. The molecular formula is C25H26N4O2. The second-order valence-corrected chi connectivity index (χ2v) is 7.53. The zero-order chi connectivity index (χ0) is 21.8. The van der Waals surface area contributed by atoms with Crippen LogP contribution in [0.5, 0.6) is 5.75 Å². The molecule has 6 nitrogen and oxygen atoms in total. The van der Waals surface area contributed by atoms with E-state index in [2.05, 4.69) is 10.6 Å². The molecule has 0 bridgehead atoms. The Kier molecular flexibility index (Phi) is 5.91. The van der Waals surface area contributed by atoms with Crippen LogP contribution in [0.2, 0.25) is 0 Å². The minimum Gasteiger partial charge on any atom is -0.496 e. The van der Waals surface area contributed by atoms with Crippen molar-refractivity contribution in [1.82, 2.24) is 4.57 Å². The summed E-state index contributed by atoms with van der Waals surface area (Å²) in [6.07, 6.45) is 2.63. The fourth-order valence-corrected chi connectivity index (χ4v) is 3.73. The molecule has 4 N–H and O–H groups in total. The van der Waals surface area contributed by atoms with Crippen LogP contribution in [0.4, 0.5) is 16.2 Å². The van der Waals surface area contributed by atoms with Gasteiger partial charge >= 0.3 is 6.03 Å². The summed E-state index contributed by atoms with van der Waals surface area (Å²) in [5, 5.41) is 6.85. The molecule has 0 saturated heterocycles. The number of aromatic nitrogens is 1. The van der Waals surface area contributed by atoms with Gasteiger partial charge in [0.1, 0.15) is 5.75 Å². The number of urea groups is 1. The van der Waals surface area contributed by atoms with Gasteiger partial charge in [-0.1, -0.05) is 30.3 Å². The predicted octanol–water partition coefficient (Wildman–Crippen LogP) is 5.07. The minimum atomic E-state index is -0.300. The quantitative estimate of drug-likeness (QED) is 0.412. The van der Waals surface area contributed by atoms with Gasteiger partial charge in [0.2, 0.25) is 0 Å². The second-order valence-electron chi connectivity index (χ2n) is 7.53. The number of nitrogens with two attached hydrogens (primary N) is 1. The van der Waals surface area contributed by atoms with Gasteiger partial charge in [0, 0.05) is 41.6 Å². The Morgan fingerprint density at radius 3 is 2.58 bits per heavy atom. The van der Waals surface area contributed by atoms with Crippen LogP contribution >= 0.6 is 0 Å². The van der Waals surface area contributed by atoms with Crippen LogP contribution in [0.15, 0.2) is 79.0 Å². The lowest BCUT2D eigenvalue weighted by Gasteiger charge is -2.16. The molecule has 3 aromatic carbocycles. The van der Waals surface area contributed by atoms with Crippen molar-refractivity contribution in [3.8, 4) is 5.75 Å². The molecule has 1 atom stereocenters. The first-order chi connectivity index (χ1) is 15.0. The van der Waals surface area contributed by atoms with Crippen molar-refractivity contribution in [2.24, 2.45) is 12.8 Å². The predicted molar refractivity (Wildman–Crippen MR) is 126 cm³/mol. The number of benzene rings is 3. The van der Waals surface area contributed by atoms with Crippen LogP contribution in [0.3, 0.4) is 0 Å². The van der Waals surface area contributed by atoms with Crippen molar-refractivity contribution in [1.29, 1.82) is 0 Å². The SMILES string of the molecule is COc1ccccc1CC(N)c1cccc(NC(=O)Nc2ccc3c(ccn3C)c2)c1. The van der Waals surface area contributed by atoms with Crippen molar-refractivity contribution in [3.05, 3.63) is 90.1 Å². The first-order valence-electron chi connectivity index (χ1n) is 10.1. The number of carbonyl (C=O) groups is 1. The molecule has 0 aliphatic heterocycles. The van der Waals surface area contributed by atoms with E-state index < -0.39 is 0 Å². The number of nitrogens with one attached hydrogen (secondary N) is 2. The van der Waals surface area contributed by atoms with Gasteiger partial charge in [-0.15, -0.1) is 0 Å². The third kappa shape index (κ3) is 4.70. The van der Waals surface area contributed by atoms with Gasteiger partial charge < -0.3 is 25.7 Å². The van der Waals surface area contributed by atoms with Gasteiger partial charge in [0.05, 0.1) is 7.11 Å². The third-order valence-corrected chi connectivity index (χ3v) is 5.35. The fraction of sp³-hybridized carbons (Fsp3) is 0.160. The molecule has 6 heteroatoms. The highest BCUT2D eigenvalue weighted by Crippen LogP contribution is 2.25. The number of rotatable bonds is 6. The molecule has 1 aromatic heterocycles. The molecule has 0 radical (unpaired) electrons. The average molecular weight is 415 g/mol. The number of para-hydroxylation sites is 1. The van der Waals surface area contributed by atoms with Crippen LogP contribution in [0.1, 0.15) is 17.2 Å². The largest absolute Gasteiger partial charge is 0.496 e. The van der Waals surface area contributed by atoms with Gasteiger partial charge in [0.25, 0.3) is 0 Å². The van der Waals surface area contributed by atoms with Crippen molar-refractivity contribution in [2.75, 3.05) is 17.7 Å². The molecule has 1 unspecified atom stereocenters. The average Bonchev–Trinajstić information content (AvgIpc) is 3.14. The Morgan fingerprint density at radius 2 is 1.77 bits per heavy atom. The van der Waals surface area contributed by atoms with Crippen LogP contribution in [-0.4, -0.2) is 17.7 Å². The Hall–Kier alpha value is -3.77. The van der Waals surface area contributed by atoms with Crippen molar-refractivity contribution >= 4 is 28.3 Å². The molecule has 1 heterocycles. The van der Waals surface area contributed by atoms with E-state index in [9.17, 15) is 4.79 Å². The molecule has 0 spiro atoms. The third-order valence-electron chi connectivity index (χ3n) is 5.35. The number of nitrogens with zero attached hydrogens (tertiary/aromatic N) is 1. The molecule has 31 heavy (non-hydrogen) atoms. The Labute approximate surface area is 181 Å². The van der Waals surface area contributed by atoms with Crippen LogP contribution in [0.25, 0.3) is 10.9 Å². The standard InChI is InChI=1S/C25H26N4O2/c1-29-13-12-18-15-21(10-11-23(18)29)28-25(30)27-20-8-5-7-17(14-20)22(26)16-19-6-3-4-9-24(19)31-2/h3-15,22H,16,26H2,1-2H3,(H2,27,28,30). The zero-order valence-corrected chi connectivity index (χ0v) is 17.6. The van der Waals surface area contributed by atoms with Crippen molar-refractivity contribution in [3.63, 3.8) is 0 Å². The summed E-state index contributed by atoms with van der Waals surface area (Å²) in [6, 6.07) is 22.8. The summed E-state index contributed by atoms with van der Waals surface area (Å²) in [4.78, 5) is 12.5. The van der Waals surface area contributed by atoms with Gasteiger partial charge in [-0.05, 0) is 60.0 Å². The normalized spacial score (nSPS) is 11.8. The minimum absolute atomic E-state index is 0.221. The van der Waals surface area contributed by atoms with Gasteiger partial charge in [-0.3, -0.25) is 0 Å². The number of fused-ring (bicyclic) bond motifs is 1. The lowest BCUT2D eigenvalue weighted by atomic mass is 9.98. The number of carbonyl (C=O) groups excluding carboxylic acids is 1. The van der Waals surface area contributed by atoms with E-state index in [1.54, 1.807) is 7.11 Å². The number of amides is 2. The molecule has 0 saturated carbocycles. The number of anilines is 2. The van der Waals surface area contributed by atoms with E-state index in [0.29, 0.717) is 12.1 Å². The summed E-state index contributed by atoms with van der Waals surface area (Å²) >= 11 is 0. The molecule has 0 aliphatic carbocycles.